The first-order chi connectivity index (χ1) is 6.91. The summed E-state index contributed by atoms with van der Waals surface area (Å²) in [6.45, 7) is 0. The number of pyridine rings is 1. The van der Waals surface area contributed by atoms with Crippen LogP contribution in [0.4, 0.5) is 13.2 Å². The van der Waals surface area contributed by atoms with E-state index in [0.29, 0.717) is 6.07 Å². The lowest BCUT2D eigenvalue weighted by molar-refractivity contribution is -0.136. The number of hydrogen-bond acceptors (Lipinski definition) is 3. The van der Waals surface area contributed by atoms with E-state index in [-0.39, 0.29) is 0 Å². The van der Waals surface area contributed by atoms with Crippen LogP contribution in [0, 0.1) is 5.95 Å². The number of halogens is 3. The summed E-state index contributed by atoms with van der Waals surface area (Å²) in [5.41, 5.74) is -1.54. The second-order valence-corrected chi connectivity index (χ2v) is 2.71. The SMILES string of the molecule is O=C(O)Cc1cc(O)c(C(F)F)nc1F. The Bertz CT molecular complexity index is 395. The van der Waals surface area contributed by atoms with Gasteiger partial charge in [-0.05, 0) is 6.07 Å². The van der Waals surface area contributed by atoms with Gasteiger partial charge in [-0.15, -0.1) is 0 Å². The van der Waals surface area contributed by atoms with Gasteiger partial charge in [-0.1, -0.05) is 0 Å². The Morgan fingerprint density at radius 2 is 2.13 bits per heavy atom. The quantitative estimate of drug-likeness (QED) is 0.758. The van der Waals surface area contributed by atoms with Crippen LogP contribution in [0.25, 0.3) is 0 Å². The van der Waals surface area contributed by atoms with Gasteiger partial charge in [-0.3, -0.25) is 4.79 Å². The lowest BCUT2D eigenvalue weighted by Crippen LogP contribution is -2.06. The highest BCUT2D eigenvalue weighted by atomic mass is 19.3. The first kappa shape index (κ1) is 11.3. The topological polar surface area (TPSA) is 70.4 Å². The lowest BCUT2D eigenvalue weighted by atomic mass is 10.2. The van der Waals surface area contributed by atoms with E-state index in [0.717, 1.165) is 0 Å². The van der Waals surface area contributed by atoms with E-state index in [1.54, 1.807) is 0 Å². The normalized spacial score (nSPS) is 10.7. The van der Waals surface area contributed by atoms with Crippen LogP contribution in [-0.2, 0) is 11.2 Å². The van der Waals surface area contributed by atoms with Gasteiger partial charge in [0, 0.05) is 5.56 Å². The molecule has 0 aliphatic carbocycles. The fraction of sp³-hybridized carbons (Fsp3) is 0.250. The lowest BCUT2D eigenvalue weighted by Gasteiger charge is -2.05. The van der Waals surface area contributed by atoms with E-state index in [4.69, 9.17) is 10.2 Å². The Labute approximate surface area is 82.0 Å². The maximum Gasteiger partial charge on any atom is 0.307 e. The molecule has 2 N–H and O–H groups in total. The van der Waals surface area contributed by atoms with Crippen molar-refractivity contribution in [3.8, 4) is 5.75 Å². The molecule has 1 aromatic rings. The molecule has 1 heterocycles. The van der Waals surface area contributed by atoms with Gasteiger partial charge in [0.2, 0.25) is 5.95 Å². The van der Waals surface area contributed by atoms with Crippen LogP contribution in [0.3, 0.4) is 0 Å². The Morgan fingerprint density at radius 1 is 1.53 bits per heavy atom. The van der Waals surface area contributed by atoms with Crippen molar-refractivity contribution < 1.29 is 28.2 Å². The molecule has 0 aliphatic heterocycles. The van der Waals surface area contributed by atoms with Gasteiger partial charge in [-0.2, -0.15) is 4.39 Å². The van der Waals surface area contributed by atoms with Crippen molar-refractivity contribution in [2.75, 3.05) is 0 Å². The molecule has 0 amide bonds. The van der Waals surface area contributed by atoms with Gasteiger partial charge < -0.3 is 10.2 Å². The van der Waals surface area contributed by atoms with E-state index in [1.807, 2.05) is 0 Å². The molecule has 0 unspecified atom stereocenters. The third-order valence-corrected chi connectivity index (χ3v) is 1.61. The van der Waals surface area contributed by atoms with E-state index in [1.165, 1.54) is 0 Å². The molecule has 0 radical (unpaired) electrons. The molecule has 0 spiro atoms. The second kappa shape index (κ2) is 4.16. The summed E-state index contributed by atoms with van der Waals surface area (Å²) >= 11 is 0. The van der Waals surface area contributed by atoms with Crippen LogP contribution in [0.2, 0.25) is 0 Å². The zero-order chi connectivity index (χ0) is 11.6. The van der Waals surface area contributed by atoms with E-state index < -0.39 is 41.8 Å². The summed E-state index contributed by atoms with van der Waals surface area (Å²) in [6, 6.07) is 0.637. The minimum absolute atomic E-state index is 0.440. The summed E-state index contributed by atoms with van der Waals surface area (Å²) in [5.74, 6) is -3.58. The number of carbonyl (C=O) groups is 1. The summed E-state index contributed by atoms with van der Waals surface area (Å²) in [4.78, 5) is 13.0. The number of nitrogens with zero attached hydrogens (tertiary/aromatic N) is 1. The number of aromatic hydroxyl groups is 1. The number of carboxylic acid groups (broad SMARTS) is 1. The highest BCUT2D eigenvalue weighted by molar-refractivity contribution is 5.70. The summed E-state index contributed by atoms with van der Waals surface area (Å²) < 4.78 is 37.1. The molecular weight excluding hydrogens is 215 g/mol. The molecule has 1 rings (SSSR count). The van der Waals surface area contributed by atoms with Crippen molar-refractivity contribution in [3.63, 3.8) is 0 Å². The molecule has 82 valence electrons. The van der Waals surface area contributed by atoms with Gasteiger partial charge in [0.05, 0.1) is 6.42 Å². The number of carboxylic acids is 1. The molecule has 0 saturated carbocycles. The third kappa shape index (κ3) is 2.58. The Balaban J connectivity index is 3.13. The second-order valence-electron chi connectivity index (χ2n) is 2.71. The van der Waals surface area contributed by atoms with Gasteiger partial charge in [0.1, 0.15) is 5.75 Å². The van der Waals surface area contributed by atoms with Crippen molar-refractivity contribution in [2.45, 2.75) is 12.8 Å². The van der Waals surface area contributed by atoms with Crippen molar-refractivity contribution in [1.29, 1.82) is 0 Å². The van der Waals surface area contributed by atoms with Crippen molar-refractivity contribution in [1.82, 2.24) is 4.98 Å². The predicted octanol–water partition coefficient (Wildman–Crippen LogP) is 1.49. The van der Waals surface area contributed by atoms with Crippen molar-refractivity contribution >= 4 is 5.97 Å². The number of aromatic nitrogens is 1. The fourth-order valence-corrected chi connectivity index (χ4v) is 0.981. The van der Waals surface area contributed by atoms with Crippen LogP contribution in [0.5, 0.6) is 5.75 Å². The van der Waals surface area contributed by atoms with Crippen LogP contribution in [0.1, 0.15) is 17.7 Å². The first-order valence-electron chi connectivity index (χ1n) is 3.80. The van der Waals surface area contributed by atoms with Gasteiger partial charge in [-0.25, -0.2) is 13.8 Å². The monoisotopic (exact) mass is 221 g/mol. The van der Waals surface area contributed by atoms with Gasteiger partial charge in [0.15, 0.2) is 5.69 Å². The molecule has 0 aromatic carbocycles. The number of hydrogen-bond donors (Lipinski definition) is 2. The predicted molar refractivity (Wildman–Crippen MR) is 42.2 cm³/mol. The molecule has 0 bridgehead atoms. The molecule has 4 nitrogen and oxygen atoms in total. The highest BCUT2D eigenvalue weighted by Crippen LogP contribution is 2.27. The molecule has 0 saturated heterocycles. The molecular formula is C8H6F3NO3. The Hall–Kier alpha value is -1.79. The van der Waals surface area contributed by atoms with Crippen molar-refractivity contribution in [3.05, 3.63) is 23.3 Å². The van der Waals surface area contributed by atoms with E-state index in [2.05, 4.69) is 4.98 Å². The maximum absolute atomic E-state index is 12.9. The van der Waals surface area contributed by atoms with Gasteiger partial charge in [0.25, 0.3) is 6.43 Å². The smallest absolute Gasteiger partial charge is 0.307 e. The number of aliphatic carboxylic acids is 1. The van der Waals surface area contributed by atoms with Crippen LogP contribution in [0.15, 0.2) is 6.07 Å². The number of alkyl halides is 2. The zero-order valence-electron chi connectivity index (χ0n) is 7.25. The summed E-state index contributed by atoms with van der Waals surface area (Å²) in [7, 11) is 0. The standard InChI is InChI=1S/C8H6F3NO3/c9-7(10)6-4(13)1-3(2-5(14)15)8(11)12-6/h1,7,13H,2H2,(H,14,15). The van der Waals surface area contributed by atoms with Crippen LogP contribution < -0.4 is 0 Å². The van der Waals surface area contributed by atoms with Crippen molar-refractivity contribution in [2.24, 2.45) is 0 Å². The maximum atomic E-state index is 12.9. The van der Waals surface area contributed by atoms with E-state index >= 15 is 0 Å². The largest absolute Gasteiger partial charge is 0.506 e. The minimum Gasteiger partial charge on any atom is -0.506 e. The van der Waals surface area contributed by atoms with Crippen LogP contribution in [-0.4, -0.2) is 21.2 Å². The molecule has 0 fully saturated rings. The summed E-state index contributed by atoms with van der Waals surface area (Å²) in [6.07, 6.45) is -3.84. The Morgan fingerprint density at radius 3 is 2.60 bits per heavy atom. The highest BCUT2D eigenvalue weighted by Gasteiger charge is 2.19. The minimum atomic E-state index is -3.11. The zero-order valence-corrected chi connectivity index (χ0v) is 7.25. The average Bonchev–Trinajstić information content (AvgIpc) is 2.09. The van der Waals surface area contributed by atoms with E-state index in [9.17, 15) is 18.0 Å². The van der Waals surface area contributed by atoms with Gasteiger partial charge >= 0.3 is 5.97 Å². The molecule has 1 aromatic heterocycles. The summed E-state index contributed by atoms with van der Waals surface area (Å²) in [5, 5.41) is 17.3. The molecule has 7 heteroatoms. The number of rotatable bonds is 3. The Kier molecular flexibility index (Phi) is 3.13. The van der Waals surface area contributed by atoms with Crippen LogP contribution >= 0.6 is 0 Å². The molecule has 0 atom stereocenters. The molecule has 0 aliphatic rings. The molecule has 15 heavy (non-hydrogen) atoms. The fourth-order valence-electron chi connectivity index (χ4n) is 0.981. The third-order valence-electron chi connectivity index (χ3n) is 1.61. The first-order valence-corrected chi connectivity index (χ1v) is 3.80. The average molecular weight is 221 g/mol.